The van der Waals surface area contributed by atoms with E-state index >= 15 is 0 Å². The molecule has 0 heterocycles. The zero-order valence-corrected chi connectivity index (χ0v) is 13.5. The van der Waals surface area contributed by atoms with Crippen LogP contribution in [0.25, 0.3) is 6.08 Å². The summed E-state index contributed by atoms with van der Waals surface area (Å²) in [6.45, 7) is 0. The normalized spacial score (nSPS) is 10.8. The van der Waals surface area contributed by atoms with E-state index in [1.54, 1.807) is 12.1 Å². The number of rotatable bonds is 4. The summed E-state index contributed by atoms with van der Waals surface area (Å²) in [5.41, 5.74) is 0.490. The molecule has 8 heteroatoms. The van der Waals surface area contributed by atoms with E-state index in [4.69, 9.17) is 28.5 Å². The molecule has 0 aliphatic rings. The van der Waals surface area contributed by atoms with Crippen LogP contribution in [0.4, 0.5) is 11.4 Å². The summed E-state index contributed by atoms with van der Waals surface area (Å²) in [4.78, 5) is 22.3. The molecule has 0 fully saturated rings. The Bertz CT molecular complexity index is 871. The highest BCUT2D eigenvalue weighted by atomic mass is 35.5. The molecular formula is C16H9Cl2N3O3. The number of amides is 1. The second-order valence-corrected chi connectivity index (χ2v) is 5.44. The van der Waals surface area contributed by atoms with Gasteiger partial charge in [0.25, 0.3) is 11.6 Å². The van der Waals surface area contributed by atoms with E-state index in [0.717, 1.165) is 0 Å². The molecule has 0 bridgehead atoms. The minimum atomic E-state index is -0.667. The molecule has 0 saturated carbocycles. The van der Waals surface area contributed by atoms with Gasteiger partial charge in [-0.15, -0.1) is 0 Å². The van der Waals surface area contributed by atoms with Crippen LogP contribution in [0, 0.1) is 21.4 Å². The van der Waals surface area contributed by atoms with Gasteiger partial charge in [0.1, 0.15) is 11.6 Å². The Morgan fingerprint density at radius 1 is 1.21 bits per heavy atom. The number of anilines is 1. The first-order valence-electron chi connectivity index (χ1n) is 6.53. The van der Waals surface area contributed by atoms with E-state index in [2.05, 4.69) is 5.32 Å². The maximum absolute atomic E-state index is 12.2. The molecule has 0 aromatic heterocycles. The van der Waals surface area contributed by atoms with Crippen molar-refractivity contribution in [1.29, 1.82) is 5.26 Å². The summed E-state index contributed by atoms with van der Waals surface area (Å²) >= 11 is 11.8. The van der Waals surface area contributed by atoms with Gasteiger partial charge in [0.2, 0.25) is 0 Å². The first-order chi connectivity index (χ1) is 11.4. The van der Waals surface area contributed by atoms with Crippen LogP contribution in [0.2, 0.25) is 10.0 Å². The lowest BCUT2D eigenvalue weighted by molar-refractivity contribution is -0.384. The van der Waals surface area contributed by atoms with E-state index in [1.807, 2.05) is 0 Å². The molecule has 2 aromatic rings. The van der Waals surface area contributed by atoms with E-state index in [1.165, 1.54) is 42.5 Å². The molecule has 0 unspecified atom stereocenters. The van der Waals surface area contributed by atoms with Gasteiger partial charge >= 0.3 is 0 Å². The molecule has 0 saturated heterocycles. The Labute approximate surface area is 147 Å². The summed E-state index contributed by atoms with van der Waals surface area (Å²) in [5.74, 6) is -0.667. The van der Waals surface area contributed by atoms with Crippen molar-refractivity contribution in [3.05, 3.63) is 73.8 Å². The molecule has 24 heavy (non-hydrogen) atoms. The van der Waals surface area contributed by atoms with Gasteiger partial charge in [0, 0.05) is 17.2 Å². The van der Waals surface area contributed by atoms with E-state index in [9.17, 15) is 14.9 Å². The van der Waals surface area contributed by atoms with Crippen LogP contribution in [0.5, 0.6) is 0 Å². The second-order valence-electron chi connectivity index (χ2n) is 4.60. The molecule has 2 rings (SSSR count). The van der Waals surface area contributed by atoms with Gasteiger partial charge in [0.05, 0.1) is 15.6 Å². The average Bonchev–Trinajstić information content (AvgIpc) is 2.56. The van der Waals surface area contributed by atoms with Crippen molar-refractivity contribution in [2.45, 2.75) is 0 Å². The number of carbonyl (C=O) groups excluding carboxylic acids is 1. The number of nitrogens with zero attached hydrogens (tertiary/aromatic N) is 2. The third kappa shape index (κ3) is 4.32. The fourth-order valence-corrected chi connectivity index (χ4v) is 2.13. The number of nitro groups is 1. The predicted octanol–water partition coefficient (Wildman–Crippen LogP) is 4.45. The maximum Gasteiger partial charge on any atom is 0.269 e. The predicted molar refractivity (Wildman–Crippen MR) is 91.8 cm³/mol. The first-order valence-corrected chi connectivity index (χ1v) is 7.29. The summed E-state index contributed by atoms with van der Waals surface area (Å²) in [7, 11) is 0. The molecule has 2 aromatic carbocycles. The summed E-state index contributed by atoms with van der Waals surface area (Å²) < 4.78 is 0. The Hall–Kier alpha value is -2.88. The average molecular weight is 362 g/mol. The maximum atomic E-state index is 12.2. The lowest BCUT2D eigenvalue weighted by Crippen LogP contribution is -2.13. The molecule has 0 atom stereocenters. The number of nitriles is 1. The van der Waals surface area contributed by atoms with Crippen molar-refractivity contribution < 1.29 is 9.72 Å². The third-order valence-corrected chi connectivity index (χ3v) is 3.52. The molecule has 0 aliphatic carbocycles. The smallest absolute Gasteiger partial charge is 0.269 e. The van der Waals surface area contributed by atoms with Crippen LogP contribution in [-0.2, 0) is 4.79 Å². The first kappa shape index (κ1) is 17.5. The summed E-state index contributed by atoms with van der Waals surface area (Å²) in [6.07, 6.45) is 1.32. The lowest BCUT2D eigenvalue weighted by atomic mass is 10.1. The van der Waals surface area contributed by atoms with Gasteiger partial charge in [-0.25, -0.2) is 0 Å². The minimum absolute atomic E-state index is 0.0826. The number of carbonyl (C=O) groups is 1. The second kappa shape index (κ2) is 7.59. The Balaban J connectivity index is 2.24. The van der Waals surface area contributed by atoms with Gasteiger partial charge in [-0.1, -0.05) is 23.2 Å². The summed E-state index contributed by atoms with van der Waals surface area (Å²) in [5, 5.41) is 22.9. The molecule has 0 aliphatic heterocycles. The number of nitro benzene ring substituents is 1. The number of nitrogens with one attached hydrogen (secondary N) is 1. The Morgan fingerprint density at radius 3 is 2.46 bits per heavy atom. The largest absolute Gasteiger partial charge is 0.320 e. The topological polar surface area (TPSA) is 96.0 Å². The molecular weight excluding hydrogens is 353 g/mol. The van der Waals surface area contributed by atoms with E-state index in [0.29, 0.717) is 10.6 Å². The van der Waals surface area contributed by atoms with Gasteiger partial charge in [-0.2, -0.15) is 5.26 Å². The third-order valence-electron chi connectivity index (χ3n) is 2.96. The van der Waals surface area contributed by atoms with Crippen molar-refractivity contribution in [3.8, 4) is 6.07 Å². The summed E-state index contributed by atoms with van der Waals surface area (Å²) in [6, 6.07) is 11.8. The van der Waals surface area contributed by atoms with Gasteiger partial charge in [-0.05, 0) is 42.0 Å². The van der Waals surface area contributed by atoms with Crippen LogP contribution in [-0.4, -0.2) is 10.8 Å². The van der Waals surface area contributed by atoms with Crippen LogP contribution in [0.15, 0.2) is 48.0 Å². The van der Waals surface area contributed by atoms with Crippen LogP contribution < -0.4 is 5.32 Å². The van der Waals surface area contributed by atoms with Crippen molar-refractivity contribution >= 4 is 46.6 Å². The van der Waals surface area contributed by atoms with Crippen LogP contribution in [0.3, 0.4) is 0 Å². The molecule has 1 N–H and O–H groups in total. The van der Waals surface area contributed by atoms with Crippen LogP contribution >= 0.6 is 23.2 Å². The fraction of sp³-hybridized carbons (Fsp3) is 0. The van der Waals surface area contributed by atoms with Gasteiger partial charge in [-0.3, -0.25) is 14.9 Å². The van der Waals surface area contributed by atoms with Gasteiger partial charge < -0.3 is 5.32 Å². The molecule has 0 radical (unpaired) electrons. The minimum Gasteiger partial charge on any atom is -0.320 e. The van der Waals surface area contributed by atoms with Crippen LogP contribution in [0.1, 0.15) is 5.56 Å². The van der Waals surface area contributed by atoms with Crippen molar-refractivity contribution in [1.82, 2.24) is 0 Å². The van der Waals surface area contributed by atoms with E-state index in [-0.39, 0.29) is 22.0 Å². The fourth-order valence-electron chi connectivity index (χ4n) is 1.79. The van der Waals surface area contributed by atoms with Crippen molar-refractivity contribution in [2.75, 3.05) is 5.32 Å². The van der Waals surface area contributed by atoms with Gasteiger partial charge in [0.15, 0.2) is 0 Å². The quantitative estimate of drug-likeness (QED) is 0.376. The highest BCUT2D eigenvalue weighted by Crippen LogP contribution is 2.26. The zero-order valence-electron chi connectivity index (χ0n) is 12.0. The number of non-ortho nitro benzene ring substituents is 1. The van der Waals surface area contributed by atoms with Crippen molar-refractivity contribution in [2.24, 2.45) is 0 Å². The molecule has 120 valence electrons. The number of halogens is 2. The Kier molecular flexibility index (Phi) is 5.53. The highest BCUT2D eigenvalue weighted by molar-refractivity contribution is 6.36. The lowest BCUT2D eigenvalue weighted by Gasteiger charge is -2.07. The Morgan fingerprint density at radius 2 is 1.88 bits per heavy atom. The molecule has 6 nitrogen and oxygen atoms in total. The number of benzene rings is 2. The van der Waals surface area contributed by atoms with Crippen molar-refractivity contribution in [3.63, 3.8) is 0 Å². The molecule has 0 spiro atoms. The SMILES string of the molecule is N#C/C(=C/c1ccc([N+](=O)[O-])cc1)C(=O)Nc1cc(Cl)ccc1Cl. The molecule has 1 amide bonds. The number of hydrogen-bond donors (Lipinski definition) is 1. The monoisotopic (exact) mass is 361 g/mol. The van der Waals surface area contributed by atoms with E-state index < -0.39 is 10.8 Å². The standard InChI is InChI=1S/C16H9Cl2N3O3/c17-12-3-6-14(18)15(8-12)20-16(22)11(9-19)7-10-1-4-13(5-2-10)21(23)24/h1-8H,(H,20,22)/b11-7-. The number of hydrogen-bond acceptors (Lipinski definition) is 4. The highest BCUT2D eigenvalue weighted by Gasteiger charge is 2.12. The zero-order chi connectivity index (χ0) is 17.7.